The van der Waals surface area contributed by atoms with Crippen LogP contribution in [0.5, 0.6) is 0 Å². The summed E-state index contributed by atoms with van der Waals surface area (Å²) in [4.78, 5) is 6.89. The average Bonchev–Trinajstić information content (AvgIpc) is 3.48. The molecule has 0 N–H and O–H groups in total. The molecule has 0 saturated carbocycles. The second-order valence-electron chi connectivity index (χ2n) is 10.9. The zero-order chi connectivity index (χ0) is 29.3. The van der Waals surface area contributed by atoms with Gasteiger partial charge in [0.15, 0.2) is 5.58 Å². The molecular formula is C41H28N2O. The van der Waals surface area contributed by atoms with Crippen molar-refractivity contribution in [3.05, 3.63) is 170 Å². The number of aromatic nitrogens is 1. The van der Waals surface area contributed by atoms with Gasteiger partial charge in [-0.2, -0.15) is 0 Å². The molecule has 0 aliphatic heterocycles. The third-order valence-electron chi connectivity index (χ3n) is 8.09. The van der Waals surface area contributed by atoms with Crippen molar-refractivity contribution in [1.82, 2.24) is 4.98 Å². The molecule has 0 bridgehead atoms. The van der Waals surface area contributed by atoms with E-state index >= 15 is 0 Å². The molecule has 0 saturated heterocycles. The Morgan fingerprint density at radius 3 is 1.55 bits per heavy atom. The van der Waals surface area contributed by atoms with Gasteiger partial charge in [-0.1, -0.05) is 103 Å². The molecule has 0 amide bonds. The molecule has 6 aromatic carbocycles. The minimum atomic E-state index is 0.788. The van der Waals surface area contributed by atoms with Crippen LogP contribution in [-0.4, -0.2) is 4.98 Å². The molecule has 208 valence electrons. The van der Waals surface area contributed by atoms with Gasteiger partial charge in [-0.25, -0.2) is 0 Å². The molecule has 0 unspecified atom stereocenters. The van der Waals surface area contributed by atoms with E-state index in [1.54, 1.807) is 0 Å². The summed E-state index contributed by atoms with van der Waals surface area (Å²) in [7, 11) is 0. The fraction of sp³-hybridized carbons (Fsp3) is 0. The highest BCUT2D eigenvalue weighted by molar-refractivity contribution is 6.04. The maximum atomic E-state index is 6.29. The largest absolute Gasteiger partial charge is 0.454 e. The third kappa shape index (κ3) is 4.81. The molecule has 0 radical (unpaired) electrons. The standard InChI is InChI=1S/C41H28N2O/c1-4-11-29(12-5-1)32-18-20-35(21-19-32)43(36-22-23-38-40(28-36)44-39-17-10-24-42-41(38)39)37-26-33(30-13-6-2-7-14-30)25-34(27-37)31-15-8-3-9-16-31/h1-28H. The summed E-state index contributed by atoms with van der Waals surface area (Å²) in [6, 6.07) is 57.5. The number of rotatable bonds is 6. The Balaban J connectivity index is 1.34. The molecule has 8 rings (SSSR count). The van der Waals surface area contributed by atoms with Crippen molar-refractivity contribution in [2.45, 2.75) is 0 Å². The van der Waals surface area contributed by atoms with Gasteiger partial charge in [-0.05, 0) is 88.0 Å². The summed E-state index contributed by atoms with van der Waals surface area (Å²) in [6.07, 6.45) is 1.81. The van der Waals surface area contributed by atoms with Gasteiger partial charge in [-0.3, -0.25) is 4.98 Å². The van der Waals surface area contributed by atoms with Crippen molar-refractivity contribution >= 4 is 39.1 Å². The molecule has 3 heteroatoms. The van der Waals surface area contributed by atoms with E-state index in [0.29, 0.717) is 0 Å². The van der Waals surface area contributed by atoms with E-state index in [4.69, 9.17) is 4.42 Å². The minimum absolute atomic E-state index is 0.788. The lowest BCUT2D eigenvalue weighted by Crippen LogP contribution is -2.10. The van der Waals surface area contributed by atoms with Gasteiger partial charge in [0.25, 0.3) is 0 Å². The van der Waals surface area contributed by atoms with Gasteiger partial charge in [0.1, 0.15) is 11.1 Å². The Labute approximate surface area is 256 Å². The fourth-order valence-corrected chi connectivity index (χ4v) is 5.94. The number of hydrogen-bond donors (Lipinski definition) is 0. The lowest BCUT2D eigenvalue weighted by atomic mass is 9.97. The molecule has 0 aliphatic carbocycles. The smallest absolute Gasteiger partial charge is 0.153 e. The van der Waals surface area contributed by atoms with Crippen LogP contribution in [0.2, 0.25) is 0 Å². The molecule has 2 aromatic heterocycles. The number of furan rings is 1. The second kappa shape index (κ2) is 11.0. The van der Waals surface area contributed by atoms with E-state index in [1.165, 1.54) is 22.3 Å². The Morgan fingerprint density at radius 1 is 0.386 bits per heavy atom. The monoisotopic (exact) mass is 564 g/mol. The number of fused-ring (bicyclic) bond motifs is 3. The highest BCUT2D eigenvalue weighted by atomic mass is 16.3. The average molecular weight is 565 g/mol. The van der Waals surface area contributed by atoms with Crippen LogP contribution in [-0.2, 0) is 0 Å². The van der Waals surface area contributed by atoms with E-state index in [0.717, 1.165) is 50.3 Å². The lowest BCUT2D eigenvalue weighted by Gasteiger charge is -2.27. The van der Waals surface area contributed by atoms with Gasteiger partial charge in [-0.15, -0.1) is 0 Å². The molecular weight excluding hydrogens is 536 g/mol. The quantitative estimate of drug-likeness (QED) is 0.201. The maximum absolute atomic E-state index is 6.29. The molecule has 2 heterocycles. The van der Waals surface area contributed by atoms with E-state index in [2.05, 4.69) is 155 Å². The summed E-state index contributed by atoms with van der Waals surface area (Å²) >= 11 is 0. The summed E-state index contributed by atoms with van der Waals surface area (Å²) < 4.78 is 6.29. The van der Waals surface area contributed by atoms with Crippen molar-refractivity contribution in [1.29, 1.82) is 0 Å². The van der Waals surface area contributed by atoms with Gasteiger partial charge in [0, 0.05) is 34.7 Å². The first-order chi connectivity index (χ1) is 21.8. The highest BCUT2D eigenvalue weighted by Gasteiger charge is 2.18. The lowest BCUT2D eigenvalue weighted by molar-refractivity contribution is 0.668. The fourth-order valence-electron chi connectivity index (χ4n) is 5.94. The minimum Gasteiger partial charge on any atom is -0.454 e. The van der Waals surface area contributed by atoms with Crippen LogP contribution in [0.15, 0.2) is 174 Å². The molecule has 0 fully saturated rings. The predicted octanol–water partition coefficient (Wildman–Crippen LogP) is 11.5. The van der Waals surface area contributed by atoms with Crippen molar-refractivity contribution in [2.75, 3.05) is 4.90 Å². The SMILES string of the molecule is c1ccc(-c2ccc(N(c3cc(-c4ccccc4)cc(-c4ccccc4)c3)c3ccc4c(c3)oc3cccnc34)cc2)cc1. The van der Waals surface area contributed by atoms with Crippen LogP contribution in [0.4, 0.5) is 17.1 Å². The van der Waals surface area contributed by atoms with Crippen LogP contribution in [0.1, 0.15) is 0 Å². The molecule has 44 heavy (non-hydrogen) atoms. The zero-order valence-electron chi connectivity index (χ0n) is 24.0. The van der Waals surface area contributed by atoms with Crippen molar-refractivity contribution < 1.29 is 4.42 Å². The Bertz CT molecular complexity index is 2150. The van der Waals surface area contributed by atoms with E-state index in [1.807, 2.05) is 24.4 Å². The van der Waals surface area contributed by atoms with Crippen LogP contribution in [0.25, 0.3) is 55.4 Å². The van der Waals surface area contributed by atoms with E-state index in [9.17, 15) is 0 Å². The highest BCUT2D eigenvalue weighted by Crippen LogP contribution is 2.42. The Morgan fingerprint density at radius 2 is 0.932 bits per heavy atom. The van der Waals surface area contributed by atoms with Crippen LogP contribution >= 0.6 is 0 Å². The number of hydrogen-bond acceptors (Lipinski definition) is 3. The molecule has 0 spiro atoms. The molecule has 8 aromatic rings. The van der Waals surface area contributed by atoms with Crippen LogP contribution < -0.4 is 4.90 Å². The molecule has 0 aliphatic rings. The van der Waals surface area contributed by atoms with Crippen molar-refractivity contribution in [2.24, 2.45) is 0 Å². The number of benzene rings is 6. The van der Waals surface area contributed by atoms with Gasteiger partial charge in [0.05, 0.1) is 0 Å². The normalized spacial score (nSPS) is 11.2. The predicted molar refractivity (Wildman–Crippen MR) is 183 cm³/mol. The van der Waals surface area contributed by atoms with E-state index < -0.39 is 0 Å². The number of anilines is 3. The zero-order valence-corrected chi connectivity index (χ0v) is 24.0. The third-order valence-corrected chi connectivity index (χ3v) is 8.09. The second-order valence-corrected chi connectivity index (χ2v) is 10.9. The first-order valence-corrected chi connectivity index (χ1v) is 14.8. The van der Waals surface area contributed by atoms with Crippen molar-refractivity contribution in [3.8, 4) is 33.4 Å². The Hall–Kier alpha value is -5.93. The number of pyridine rings is 1. The molecule has 3 nitrogen and oxygen atoms in total. The van der Waals surface area contributed by atoms with Gasteiger partial charge < -0.3 is 9.32 Å². The van der Waals surface area contributed by atoms with E-state index in [-0.39, 0.29) is 0 Å². The molecule has 0 atom stereocenters. The first-order valence-electron chi connectivity index (χ1n) is 14.8. The maximum Gasteiger partial charge on any atom is 0.153 e. The van der Waals surface area contributed by atoms with Crippen molar-refractivity contribution in [3.63, 3.8) is 0 Å². The van der Waals surface area contributed by atoms with Crippen LogP contribution in [0, 0.1) is 0 Å². The summed E-state index contributed by atoms with van der Waals surface area (Å²) in [5, 5.41) is 1.01. The number of nitrogens with zero attached hydrogens (tertiary/aromatic N) is 2. The summed E-state index contributed by atoms with van der Waals surface area (Å²) in [5.74, 6) is 0. The van der Waals surface area contributed by atoms with Gasteiger partial charge in [0.2, 0.25) is 0 Å². The summed E-state index contributed by atoms with van der Waals surface area (Å²) in [6.45, 7) is 0. The van der Waals surface area contributed by atoms with Gasteiger partial charge >= 0.3 is 0 Å². The van der Waals surface area contributed by atoms with Crippen LogP contribution in [0.3, 0.4) is 0 Å². The topological polar surface area (TPSA) is 29.3 Å². The Kier molecular flexibility index (Phi) is 6.47. The first kappa shape index (κ1) is 25.8. The summed E-state index contributed by atoms with van der Waals surface area (Å²) in [5.41, 5.74) is 12.6.